The van der Waals surface area contributed by atoms with Gasteiger partial charge in [-0.3, -0.25) is 9.59 Å². The molecule has 1 aromatic carbocycles. The first kappa shape index (κ1) is 11.6. The third-order valence-corrected chi connectivity index (χ3v) is 3.00. The van der Waals surface area contributed by atoms with Crippen LogP contribution in [0.1, 0.15) is 29.6 Å². The lowest BCUT2D eigenvalue weighted by Gasteiger charge is -2.16. The quantitative estimate of drug-likeness (QED) is 0.477. The molecule has 1 aromatic rings. The fourth-order valence-electron chi connectivity index (χ4n) is 2.15. The molecule has 0 unspecified atom stereocenters. The van der Waals surface area contributed by atoms with Crippen LogP contribution in [0, 0.1) is 0 Å². The van der Waals surface area contributed by atoms with E-state index in [2.05, 4.69) is 11.4 Å². The molecule has 2 rings (SSSR count). The number of nitrogens with one attached hydrogen (secondary N) is 1. The third kappa shape index (κ3) is 2.61. The van der Waals surface area contributed by atoms with E-state index in [1.54, 1.807) is 12.1 Å². The average molecular weight is 229 g/mol. The second-order valence-corrected chi connectivity index (χ2v) is 4.12. The van der Waals surface area contributed by atoms with Crippen LogP contribution in [0.15, 0.2) is 42.0 Å². The van der Waals surface area contributed by atoms with Gasteiger partial charge in [0.1, 0.15) is 6.04 Å². The summed E-state index contributed by atoms with van der Waals surface area (Å²) in [7, 11) is 0. The number of allylic oxidation sites excluding steroid dienone is 1. The van der Waals surface area contributed by atoms with Crippen molar-refractivity contribution in [3.05, 3.63) is 47.5 Å². The van der Waals surface area contributed by atoms with E-state index in [4.69, 9.17) is 0 Å². The van der Waals surface area contributed by atoms with Gasteiger partial charge in [-0.25, -0.2) is 0 Å². The van der Waals surface area contributed by atoms with Gasteiger partial charge in [0.25, 0.3) is 0 Å². The lowest BCUT2D eigenvalue weighted by molar-refractivity contribution is -0.109. The highest BCUT2D eigenvalue weighted by Gasteiger charge is 2.24. The number of hydrogen-bond acceptors (Lipinski definition) is 2. The van der Waals surface area contributed by atoms with Gasteiger partial charge >= 0.3 is 0 Å². The van der Waals surface area contributed by atoms with Crippen molar-refractivity contribution in [1.82, 2.24) is 5.32 Å². The Kier molecular flexibility index (Phi) is 3.70. The van der Waals surface area contributed by atoms with E-state index in [9.17, 15) is 9.59 Å². The average Bonchev–Trinajstić information content (AvgIpc) is 2.90. The second-order valence-electron chi connectivity index (χ2n) is 4.12. The summed E-state index contributed by atoms with van der Waals surface area (Å²) >= 11 is 0. The standard InChI is InChI=1S/C14H15NO2/c16-10-15-13(11-6-4-5-7-11)14(17)12-8-2-1-3-9-12/h1-3,6,8-10,13H,4-5,7H2,(H,15,16)/t13-/m0/s1. The van der Waals surface area contributed by atoms with E-state index < -0.39 is 6.04 Å². The lowest BCUT2D eigenvalue weighted by Crippen LogP contribution is -2.37. The molecule has 1 amide bonds. The van der Waals surface area contributed by atoms with Crippen LogP contribution in [0.25, 0.3) is 0 Å². The molecule has 0 saturated carbocycles. The molecular formula is C14H15NO2. The highest BCUT2D eigenvalue weighted by Crippen LogP contribution is 2.22. The zero-order chi connectivity index (χ0) is 12.1. The summed E-state index contributed by atoms with van der Waals surface area (Å²) in [6.07, 6.45) is 5.61. The van der Waals surface area contributed by atoms with Crippen molar-refractivity contribution >= 4 is 12.2 Å². The molecule has 0 radical (unpaired) electrons. The van der Waals surface area contributed by atoms with Gasteiger partial charge in [0.05, 0.1) is 0 Å². The van der Waals surface area contributed by atoms with Crippen LogP contribution in [0.5, 0.6) is 0 Å². The van der Waals surface area contributed by atoms with Crippen LogP contribution in [-0.2, 0) is 4.79 Å². The first-order valence-corrected chi connectivity index (χ1v) is 5.81. The smallest absolute Gasteiger partial charge is 0.207 e. The topological polar surface area (TPSA) is 46.2 Å². The number of Topliss-reactive ketones (excluding diaryl/α,β-unsaturated/α-hetero) is 1. The minimum absolute atomic E-state index is 0.0362. The van der Waals surface area contributed by atoms with E-state index >= 15 is 0 Å². The van der Waals surface area contributed by atoms with Crippen LogP contribution in [0.4, 0.5) is 0 Å². The van der Waals surface area contributed by atoms with Gasteiger partial charge in [-0.1, -0.05) is 36.4 Å². The maximum absolute atomic E-state index is 12.3. The minimum Gasteiger partial charge on any atom is -0.345 e. The molecule has 0 aromatic heterocycles. The molecule has 1 aliphatic rings. The van der Waals surface area contributed by atoms with Crippen LogP contribution >= 0.6 is 0 Å². The molecule has 0 spiro atoms. The van der Waals surface area contributed by atoms with E-state index in [0.717, 1.165) is 24.8 Å². The van der Waals surface area contributed by atoms with Gasteiger partial charge < -0.3 is 5.32 Å². The lowest BCUT2D eigenvalue weighted by atomic mass is 9.97. The van der Waals surface area contributed by atoms with Gasteiger partial charge in [0.15, 0.2) is 5.78 Å². The highest BCUT2D eigenvalue weighted by atomic mass is 16.1. The molecule has 1 aliphatic carbocycles. The van der Waals surface area contributed by atoms with Crippen molar-refractivity contribution in [2.75, 3.05) is 0 Å². The third-order valence-electron chi connectivity index (χ3n) is 3.00. The maximum atomic E-state index is 12.3. The summed E-state index contributed by atoms with van der Waals surface area (Å²) in [5, 5.41) is 2.62. The summed E-state index contributed by atoms with van der Waals surface area (Å²) < 4.78 is 0. The van der Waals surface area contributed by atoms with Crippen LogP contribution in [-0.4, -0.2) is 18.2 Å². The van der Waals surface area contributed by atoms with Gasteiger partial charge in [-0.15, -0.1) is 0 Å². The highest BCUT2D eigenvalue weighted by molar-refractivity contribution is 6.02. The van der Waals surface area contributed by atoms with Crippen LogP contribution in [0.3, 0.4) is 0 Å². The van der Waals surface area contributed by atoms with E-state index in [1.807, 2.05) is 18.2 Å². The van der Waals surface area contributed by atoms with E-state index in [0.29, 0.717) is 12.0 Å². The summed E-state index contributed by atoms with van der Waals surface area (Å²) in [5.41, 5.74) is 1.67. The molecule has 0 bridgehead atoms. The van der Waals surface area contributed by atoms with Crippen molar-refractivity contribution in [3.8, 4) is 0 Å². The zero-order valence-electron chi connectivity index (χ0n) is 9.56. The summed E-state index contributed by atoms with van der Waals surface area (Å²) in [6, 6.07) is 8.59. The Hall–Kier alpha value is -1.90. The molecule has 3 nitrogen and oxygen atoms in total. The Bertz CT molecular complexity index is 437. The van der Waals surface area contributed by atoms with Crippen LogP contribution < -0.4 is 5.32 Å². The van der Waals surface area contributed by atoms with E-state index in [-0.39, 0.29) is 5.78 Å². The number of hydrogen-bond donors (Lipinski definition) is 1. The van der Waals surface area contributed by atoms with Gasteiger partial charge in [-0.05, 0) is 24.8 Å². The van der Waals surface area contributed by atoms with Crippen molar-refractivity contribution < 1.29 is 9.59 Å². The minimum atomic E-state index is -0.489. The number of benzene rings is 1. The molecule has 1 atom stereocenters. The van der Waals surface area contributed by atoms with Gasteiger partial charge in [0, 0.05) is 5.56 Å². The maximum Gasteiger partial charge on any atom is 0.207 e. The molecule has 17 heavy (non-hydrogen) atoms. The molecule has 0 aliphatic heterocycles. The fraction of sp³-hybridized carbons (Fsp3) is 0.286. The number of ketones is 1. The van der Waals surface area contributed by atoms with E-state index in [1.165, 1.54) is 0 Å². The largest absolute Gasteiger partial charge is 0.345 e. The fourth-order valence-corrected chi connectivity index (χ4v) is 2.15. The molecule has 0 fully saturated rings. The Morgan fingerprint density at radius 1 is 1.29 bits per heavy atom. The van der Waals surface area contributed by atoms with Gasteiger partial charge in [-0.2, -0.15) is 0 Å². The predicted octanol–water partition coefficient (Wildman–Crippen LogP) is 2.09. The molecule has 3 heteroatoms. The number of amides is 1. The molecule has 88 valence electrons. The number of carbonyl (C=O) groups excluding carboxylic acids is 2. The van der Waals surface area contributed by atoms with Gasteiger partial charge in [0.2, 0.25) is 6.41 Å². The monoisotopic (exact) mass is 229 g/mol. The SMILES string of the molecule is O=CN[C@H](C(=O)c1ccccc1)C1=CCCC1. The Morgan fingerprint density at radius 2 is 2.06 bits per heavy atom. The number of rotatable bonds is 5. The van der Waals surface area contributed by atoms with Crippen molar-refractivity contribution in [1.29, 1.82) is 0 Å². The molecular weight excluding hydrogens is 214 g/mol. The predicted molar refractivity (Wildman–Crippen MR) is 65.7 cm³/mol. The molecule has 1 N–H and O–H groups in total. The summed E-state index contributed by atoms with van der Waals surface area (Å²) in [6.45, 7) is 0. The summed E-state index contributed by atoms with van der Waals surface area (Å²) in [5.74, 6) is -0.0362. The second kappa shape index (κ2) is 5.43. The zero-order valence-corrected chi connectivity index (χ0v) is 9.56. The van der Waals surface area contributed by atoms with Crippen molar-refractivity contribution in [2.45, 2.75) is 25.3 Å². The molecule has 0 heterocycles. The number of carbonyl (C=O) groups is 2. The van der Waals surface area contributed by atoms with Crippen molar-refractivity contribution in [3.63, 3.8) is 0 Å². The Balaban J connectivity index is 2.21. The molecule has 0 saturated heterocycles. The Labute approximate surface area is 101 Å². The Morgan fingerprint density at radius 3 is 2.65 bits per heavy atom. The van der Waals surface area contributed by atoms with Crippen molar-refractivity contribution in [2.24, 2.45) is 0 Å². The summed E-state index contributed by atoms with van der Waals surface area (Å²) in [4.78, 5) is 22.9. The first-order chi connectivity index (χ1) is 8.33. The first-order valence-electron chi connectivity index (χ1n) is 5.81. The normalized spacial score (nSPS) is 16.1. The van der Waals surface area contributed by atoms with Crippen LogP contribution in [0.2, 0.25) is 0 Å².